The number of ketones is 1. The third kappa shape index (κ3) is 2.82. The Kier molecular flexibility index (Phi) is 4.35. The summed E-state index contributed by atoms with van der Waals surface area (Å²) in [4.78, 5) is 11.6. The van der Waals surface area contributed by atoms with E-state index >= 15 is 0 Å². The van der Waals surface area contributed by atoms with Crippen molar-refractivity contribution >= 4 is 5.78 Å². The summed E-state index contributed by atoms with van der Waals surface area (Å²) >= 11 is 0. The first-order valence-electron chi connectivity index (χ1n) is 5.51. The molecule has 0 saturated carbocycles. The molecule has 2 heteroatoms. The predicted octanol–water partition coefficient (Wildman–Crippen LogP) is 3.24. The Bertz CT molecular complexity index is 342. The molecular weight excluding hydrogens is 188 g/mol. The zero-order chi connectivity index (χ0) is 11.3. The third-order valence-corrected chi connectivity index (χ3v) is 2.39. The average molecular weight is 206 g/mol. The van der Waals surface area contributed by atoms with Crippen LogP contribution in [-0.4, -0.2) is 12.4 Å². The maximum Gasteiger partial charge on any atom is 0.162 e. The quantitative estimate of drug-likeness (QED) is 0.691. The van der Waals surface area contributed by atoms with Crippen molar-refractivity contribution in [3.8, 4) is 5.75 Å². The van der Waals surface area contributed by atoms with Gasteiger partial charge in [-0.2, -0.15) is 0 Å². The van der Waals surface area contributed by atoms with Crippen LogP contribution < -0.4 is 4.74 Å². The largest absolute Gasteiger partial charge is 0.494 e. The molecule has 82 valence electrons. The van der Waals surface area contributed by atoms with Gasteiger partial charge in [-0.15, -0.1) is 0 Å². The summed E-state index contributed by atoms with van der Waals surface area (Å²) in [7, 11) is 0. The van der Waals surface area contributed by atoms with Crippen molar-refractivity contribution in [1.29, 1.82) is 0 Å². The number of benzene rings is 1. The molecule has 0 N–H and O–H groups in total. The van der Waals surface area contributed by atoms with Gasteiger partial charge >= 0.3 is 0 Å². The Hall–Kier alpha value is -1.31. The van der Waals surface area contributed by atoms with Gasteiger partial charge in [-0.25, -0.2) is 0 Å². The van der Waals surface area contributed by atoms with E-state index in [0.717, 1.165) is 23.3 Å². The number of aryl methyl sites for hydroxylation is 1. The fourth-order valence-electron chi connectivity index (χ4n) is 1.58. The second-order valence-corrected chi connectivity index (χ2v) is 3.38. The summed E-state index contributed by atoms with van der Waals surface area (Å²) in [5.74, 6) is 1.05. The number of rotatable bonds is 5. The van der Waals surface area contributed by atoms with Crippen LogP contribution in [0.25, 0.3) is 0 Å². The van der Waals surface area contributed by atoms with E-state index in [4.69, 9.17) is 4.74 Å². The second kappa shape index (κ2) is 5.54. The minimum atomic E-state index is 0.204. The van der Waals surface area contributed by atoms with Gasteiger partial charge in [0.1, 0.15) is 5.75 Å². The average Bonchev–Trinajstić information content (AvgIpc) is 2.28. The highest BCUT2D eigenvalue weighted by Crippen LogP contribution is 2.19. The molecule has 0 saturated heterocycles. The molecular formula is C13H18O2. The van der Waals surface area contributed by atoms with E-state index in [-0.39, 0.29) is 5.78 Å². The van der Waals surface area contributed by atoms with Gasteiger partial charge < -0.3 is 4.74 Å². The third-order valence-electron chi connectivity index (χ3n) is 2.39. The lowest BCUT2D eigenvalue weighted by Crippen LogP contribution is -2.02. The monoisotopic (exact) mass is 206 g/mol. The van der Waals surface area contributed by atoms with Crippen molar-refractivity contribution in [1.82, 2.24) is 0 Å². The van der Waals surface area contributed by atoms with Crippen LogP contribution in [0.5, 0.6) is 5.75 Å². The van der Waals surface area contributed by atoms with E-state index in [1.54, 1.807) is 0 Å². The zero-order valence-corrected chi connectivity index (χ0v) is 9.67. The molecule has 0 heterocycles. The topological polar surface area (TPSA) is 26.3 Å². The van der Waals surface area contributed by atoms with Gasteiger partial charge in [-0.05, 0) is 37.1 Å². The Balaban J connectivity index is 3.03. The second-order valence-electron chi connectivity index (χ2n) is 3.38. The molecule has 0 aliphatic heterocycles. The number of carbonyl (C=O) groups excluding carboxylic acids is 1. The molecule has 2 nitrogen and oxygen atoms in total. The lowest BCUT2D eigenvalue weighted by atomic mass is 10.00. The van der Waals surface area contributed by atoms with E-state index in [1.165, 1.54) is 0 Å². The minimum Gasteiger partial charge on any atom is -0.494 e. The van der Waals surface area contributed by atoms with Crippen LogP contribution in [-0.2, 0) is 6.42 Å². The molecule has 0 atom stereocenters. The summed E-state index contributed by atoms with van der Waals surface area (Å²) in [6.45, 7) is 6.55. The van der Waals surface area contributed by atoms with E-state index < -0.39 is 0 Å². The van der Waals surface area contributed by atoms with Gasteiger partial charge in [-0.1, -0.05) is 13.8 Å². The van der Waals surface area contributed by atoms with Crippen molar-refractivity contribution in [2.75, 3.05) is 6.61 Å². The zero-order valence-electron chi connectivity index (χ0n) is 9.67. The fraction of sp³-hybridized carbons (Fsp3) is 0.462. The lowest BCUT2D eigenvalue weighted by molar-refractivity contribution is 0.0987. The van der Waals surface area contributed by atoms with Crippen molar-refractivity contribution < 1.29 is 9.53 Å². The lowest BCUT2D eigenvalue weighted by Gasteiger charge is -2.09. The van der Waals surface area contributed by atoms with Crippen LogP contribution in [0.15, 0.2) is 18.2 Å². The standard InChI is InChI=1S/C13H18O2/c1-4-10-9-11(15-6-3)7-8-12(10)13(14)5-2/h7-9H,4-6H2,1-3H3. The summed E-state index contributed by atoms with van der Waals surface area (Å²) in [6, 6.07) is 5.70. The van der Waals surface area contributed by atoms with Gasteiger partial charge in [0, 0.05) is 12.0 Å². The normalized spacial score (nSPS) is 10.1. The maximum atomic E-state index is 11.6. The molecule has 1 aromatic rings. The number of Topliss-reactive ketones (excluding diaryl/α,β-unsaturated/α-hetero) is 1. The first-order chi connectivity index (χ1) is 7.22. The highest BCUT2D eigenvalue weighted by atomic mass is 16.5. The minimum absolute atomic E-state index is 0.204. The SMILES string of the molecule is CCOc1ccc(C(=O)CC)c(CC)c1. The number of hydrogen-bond donors (Lipinski definition) is 0. The highest BCUT2D eigenvalue weighted by Gasteiger charge is 2.09. The molecule has 0 unspecified atom stereocenters. The number of ether oxygens (including phenoxy) is 1. The number of hydrogen-bond acceptors (Lipinski definition) is 2. The molecule has 0 radical (unpaired) electrons. The summed E-state index contributed by atoms with van der Waals surface area (Å²) in [6.07, 6.45) is 1.42. The van der Waals surface area contributed by atoms with E-state index in [0.29, 0.717) is 13.0 Å². The van der Waals surface area contributed by atoms with Crippen molar-refractivity contribution in [2.24, 2.45) is 0 Å². The van der Waals surface area contributed by atoms with E-state index in [2.05, 4.69) is 6.92 Å². The first-order valence-corrected chi connectivity index (χ1v) is 5.51. The molecule has 0 fully saturated rings. The van der Waals surface area contributed by atoms with Crippen molar-refractivity contribution in [3.05, 3.63) is 29.3 Å². The molecule has 0 spiro atoms. The molecule has 0 aliphatic rings. The van der Waals surface area contributed by atoms with Crippen LogP contribution in [0, 0.1) is 0 Å². The highest BCUT2D eigenvalue weighted by molar-refractivity contribution is 5.97. The molecule has 1 aromatic carbocycles. The summed E-state index contributed by atoms with van der Waals surface area (Å²) in [5.41, 5.74) is 1.91. The van der Waals surface area contributed by atoms with Gasteiger partial charge in [0.2, 0.25) is 0 Å². The molecule has 0 bridgehead atoms. The Morgan fingerprint density at radius 3 is 2.53 bits per heavy atom. The summed E-state index contributed by atoms with van der Waals surface area (Å²) in [5, 5.41) is 0. The van der Waals surface area contributed by atoms with E-state index in [9.17, 15) is 4.79 Å². The number of carbonyl (C=O) groups is 1. The van der Waals surface area contributed by atoms with Crippen LogP contribution in [0.3, 0.4) is 0 Å². The molecule has 0 amide bonds. The maximum absolute atomic E-state index is 11.6. The summed E-state index contributed by atoms with van der Waals surface area (Å²) < 4.78 is 5.41. The smallest absolute Gasteiger partial charge is 0.162 e. The molecule has 15 heavy (non-hydrogen) atoms. The molecule has 1 rings (SSSR count). The van der Waals surface area contributed by atoms with Gasteiger partial charge in [0.25, 0.3) is 0 Å². The van der Waals surface area contributed by atoms with Gasteiger partial charge in [0.15, 0.2) is 5.78 Å². The fourth-order valence-corrected chi connectivity index (χ4v) is 1.58. The molecule has 0 aromatic heterocycles. The van der Waals surface area contributed by atoms with Crippen molar-refractivity contribution in [2.45, 2.75) is 33.6 Å². The Morgan fingerprint density at radius 2 is 2.00 bits per heavy atom. The predicted molar refractivity (Wildman–Crippen MR) is 61.6 cm³/mol. The van der Waals surface area contributed by atoms with Gasteiger partial charge in [0.05, 0.1) is 6.61 Å². The van der Waals surface area contributed by atoms with E-state index in [1.807, 2.05) is 32.0 Å². The molecule has 0 aliphatic carbocycles. The van der Waals surface area contributed by atoms with Crippen LogP contribution in [0.1, 0.15) is 43.1 Å². The van der Waals surface area contributed by atoms with Crippen LogP contribution >= 0.6 is 0 Å². The van der Waals surface area contributed by atoms with Crippen LogP contribution in [0.4, 0.5) is 0 Å². The van der Waals surface area contributed by atoms with Gasteiger partial charge in [-0.3, -0.25) is 4.79 Å². The Labute approximate surface area is 91.3 Å². The Morgan fingerprint density at radius 1 is 1.27 bits per heavy atom. The van der Waals surface area contributed by atoms with Crippen molar-refractivity contribution in [3.63, 3.8) is 0 Å². The van der Waals surface area contributed by atoms with Crippen LogP contribution in [0.2, 0.25) is 0 Å². The first kappa shape index (κ1) is 11.8.